The maximum atomic E-state index is 10.7. The van der Waals surface area contributed by atoms with Gasteiger partial charge in [0.15, 0.2) is 0 Å². The second-order valence-electron chi connectivity index (χ2n) is 2.97. The van der Waals surface area contributed by atoms with Crippen LogP contribution in [0.5, 0.6) is 0 Å². The number of carbonyl (C=O) groups is 1. The average molecular weight is 268 g/mol. The monoisotopic (exact) mass is 267 g/mol. The highest BCUT2D eigenvalue weighted by atomic mass is 35.5. The highest BCUT2D eigenvalue weighted by molar-refractivity contribution is 5.85. The molecule has 0 aromatic carbocycles. The summed E-state index contributed by atoms with van der Waals surface area (Å²) in [5.41, 5.74) is 6.33. The molecule has 5 nitrogen and oxygen atoms in total. The van der Waals surface area contributed by atoms with Crippen LogP contribution >= 0.6 is 24.8 Å². The van der Waals surface area contributed by atoms with Crippen LogP contribution in [0.2, 0.25) is 0 Å². The minimum atomic E-state index is -0.872. The molecule has 1 aromatic heterocycles. The number of nitrogen functional groups attached to an aromatic ring is 1. The van der Waals surface area contributed by atoms with Crippen LogP contribution in [-0.2, 0) is 11.2 Å². The molecule has 1 heterocycles. The quantitative estimate of drug-likeness (QED) is 0.749. The lowest BCUT2D eigenvalue weighted by molar-refractivity contribution is -0.139. The number of carboxylic acid groups (broad SMARTS) is 1. The molecule has 7 heteroatoms. The fourth-order valence-electron chi connectivity index (χ4n) is 1.17. The first-order chi connectivity index (χ1) is 6.63. The van der Waals surface area contributed by atoms with Crippen molar-refractivity contribution in [1.29, 1.82) is 0 Å². The maximum absolute atomic E-state index is 10.7. The first kappa shape index (κ1) is 17.4. The van der Waals surface area contributed by atoms with Crippen molar-refractivity contribution < 1.29 is 9.90 Å². The molecule has 0 saturated heterocycles. The van der Waals surface area contributed by atoms with E-state index in [1.54, 1.807) is 25.4 Å². The molecule has 1 rings (SSSR count). The molecule has 1 atom stereocenters. The third-order valence-corrected chi connectivity index (χ3v) is 1.93. The van der Waals surface area contributed by atoms with E-state index in [1.165, 1.54) is 0 Å². The summed E-state index contributed by atoms with van der Waals surface area (Å²) < 4.78 is 0. The van der Waals surface area contributed by atoms with Gasteiger partial charge in [0.05, 0.1) is 0 Å². The molecule has 0 radical (unpaired) electrons. The summed E-state index contributed by atoms with van der Waals surface area (Å²) >= 11 is 0. The third-order valence-electron chi connectivity index (χ3n) is 1.93. The van der Waals surface area contributed by atoms with E-state index in [9.17, 15) is 4.79 Å². The Kier molecular flexibility index (Phi) is 8.84. The molecule has 0 bridgehead atoms. The van der Waals surface area contributed by atoms with E-state index in [0.29, 0.717) is 12.2 Å². The van der Waals surface area contributed by atoms with Crippen molar-refractivity contribution in [2.45, 2.75) is 12.5 Å². The fraction of sp³-hybridized carbons (Fsp3) is 0.333. The van der Waals surface area contributed by atoms with E-state index in [2.05, 4.69) is 10.3 Å². The van der Waals surface area contributed by atoms with Gasteiger partial charge in [0.25, 0.3) is 0 Å². The minimum absolute atomic E-state index is 0. The standard InChI is InChI=1S/C9H13N3O2.2ClH/c1-11-7(9(13)14)4-6-2-3-12-8(10)5-6;;/h2-3,5,7,11H,4H2,1H3,(H2,10,12)(H,13,14);2*1H/t7-;;/m0../s1. The Morgan fingerprint density at radius 1 is 1.62 bits per heavy atom. The van der Waals surface area contributed by atoms with Crippen molar-refractivity contribution in [2.75, 3.05) is 12.8 Å². The van der Waals surface area contributed by atoms with Gasteiger partial charge in [-0.05, 0) is 31.2 Å². The van der Waals surface area contributed by atoms with Gasteiger partial charge in [-0.25, -0.2) is 4.98 Å². The zero-order valence-electron chi connectivity index (χ0n) is 8.71. The molecule has 1 aromatic rings. The van der Waals surface area contributed by atoms with Gasteiger partial charge in [0, 0.05) is 6.20 Å². The van der Waals surface area contributed by atoms with E-state index in [-0.39, 0.29) is 24.8 Å². The predicted molar refractivity (Wildman–Crippen MR) is 67.3 cm³/mol. The highest BCUT2D eigenvalue weighted by Gasteiger charge is 2.15. The summed E-state index contributed by atoms with van der Waals surface area (Å²) in [6, 6.07) is 2.84. The van der Waals surface area contributed by atoms with Gasteiger partial charge < -0.3 is 16.2 Å². The molecule has 0 saturated carbocycles. The summed E-state index contributed by atoms with van der Waals surface area (Å²) in [5.74, 6) is -0.467. The van der Waals surface area contributed by atoms with Crippen molar-refractivity contribution in [3.8, 4) is 0 Å². The first-order valence-corrected chi connectivity index (χ1v) is 4.24. The molecule has 0 aliphatic rings. The molecule has 0 aliphatic carbocycles. The largest absolute Gasteiger partial charge is 0.480 e. The summed E-state index contributed by atoms with van der Waals surface area (Å²) in [5, 5.41) is 11.5. The Bertz CT molecular complexity index is 336. The lowest BCUT2D eigenvalue weighted by atomic mass is 10.1. The molecule has 0 unspecified atom stereocenters. The number of carboxylic acids is 1. The van der Waals surface area contributed by atoms with Crippen molar-refractivity contribution in [2.24, 2.45) is 0 Å². The lowest BCUT2D eigenvalue weighted by Gasteiger charge is -2.10. The second kappa shape index (κ2) is 8.15. The van der Waals surface area contributed by atoms with Crippen LogP contribution in [0.1, 0.15) is 5.56 Å². The number of nitrogens with one attached hydrogen (secondary N) is 1. The molecule has 4 N–H and O–H groups in total. The molecule has 0 amide bonds. The molecular formula is C9H15Cl2N3O2. The number of likely N-dealkylation sites (N-methyl/N-ethyl adjacent to an activating group) is 1. The van der Waals surface area contributed by atoms with Crippen LogP contribution in [0.25, 0.3) is 0 Å². The number of nitrogens with zero attached hydrogens (tertiary/aromatic N) is 1. The van der Waals surface area contributed by atoms with Gasteiger partial charge in [-0.15, -0.1) is 24.8 Å². The van der Waals surface area contributed by atoms with Crippen molar-refractivity contribution in [3.63, 3.8) is 0 Å². The number of nitrogens with two attached hydrogens (primary N) is 1. The van der Waals surface area contributed by atoms with E-state index in [0.717, 1.165) is 5.56 Å². The Hall–Kier alpha value is -1.04. The smallest absolute Gasteiger partial charge is 0.321 e. The lowest BCUT2D eigenvalue weighted by Crippen LogP contribution is -2.35. The van der Waals surface area contributed by atoms with Crippen LogP contribution in [-0.4, -0.2) is 29.1 Å². The van der Waals surface area contributed by atoms with Gasteiger partial charge >= 0.3 is 5.97 Å². The van der Waals surface area contributed by atoms with Crippen molar-refractivity contribution >= 4 is 36.6 Å². The fourth-order valence-corrected chi connectivity index (χ4v) is 1.17. The average Bonchev–Trinajstić information content (AvgIpc) is 2.14. The van der Waals surface area contributed by atoms with E-state index >= 15 is 0 Å². The molecule has 92 valence electrons. The third kappa shape index (κ3) is 5.16. The predicted octanol–water partition coefficient (Wildman–Crippen LogP) is 0.722. The Morgan fingerprint density at radius 3 is 2.69 bits per heavy atom. The number of aliphatic carboxylic acids is 1. The van der Waals surface area contributed by atoms with Gasteiger partial charge in [0.2, 0.25) is 0 Å². The van der Waals surface area contributed by atoms with Gasteiger partial charge in [0.1, 0.15) is 11.9 Å². The first-order valence-electron chi connectivity index (χ1n) is 4.24. The topological polar surface area (TPSA) is 88.2 Å². The zero-order valence-corrected chi connectivity index (χ0v) is 10.3. The summed E-state index contributed by atoms with van der Waals surface area (Å²) in [7, 11) is 1.61. The SMILES string of the molecule is CN[C@@H](Cc1ccnc(N)c1)C(=O)O.Cl.Cl. The van der Waals surface area contributed by atoms with Gasteiger partial charge in [-0.2, -0.15) is 0 Å². The van der Waals surface area contributed by atoms with Crippen molar-refractivity contribution in [1.82, 2.24) is 10.3 Å². The molecule has 0 aliphatic heterocycles. The van der Waals surface area contributed by atoms with Crippen molar-refractivity contribution in [3.05, 3.63) is 23.9 Å². The Labute approximate surface area is 106 Å². The van der Waals surface area contributed by atoms with Gasteiger partial charge in [-0.1, -0.05) is 0 Å². The normalized spacial score (nSPS) is 10.8. The van der Waals surface area contributed by atoms with Gasteiger partial charge in [-0.3, -0.25) is 4.79 Å². The van der Waals surface area contributed by atoms with Crippen LogP contribution in [0.15, 0.2) is 18.3 Å². The highest BCUT2D eigenvalue weighted by Crippen LogP contribution is 2.06. The summed E-state index contributed by atoms with van der Waals surface area (Å²) in [6.07, 6.45) is 1.97. The summed E-state index contributed by atoms with van der Waals surface area (Å²) in [6.45, 7) is 0. The minimum Gasteiger partial charge on any atom is -0.480 e. The number of halogens is 2. The van der Waals surface area contributed by atoms with E-state index < -0.39 is 12.0 Å². The number of rotatable bonds is 4. The number of hydrogen-bond acceptors (Lipinski definition) is 4. The number of anilines is 1. The number of pyridine rings is 1. The number of hydrogen-bond donors (Lipinski definition) is 3. The molecular weight excluding hydrogens is 253 g/mol. The maximum Gasteiger partial charge on any atom is 0.321 e. The molecule has 16 heavy (non-hydrogen) atoms. The second-order valence-corrected chi connectivity index (χ2v) is 2.97. The van der Waals surface area contributed by atoms with E-state index in [4.69, 9.17) is 10.8 Å². The van der Waals surface area contributed by atoms with E-state index in [1.807, 2.05) is 0 Å². The Balaban J connectivity index is 0. The zero-order chi connectivity index (χ0) is 10.6. The Morgan fingerprint density at radius 2 is 2.25 bits per heavy atom. The van der Waals surface area contributed by atoms with Crippen LogP contribution in [0, 0.1) is 0 Å². The van der Waals surface area contributed by atoms with Crippen LogP contribution in [0.4, 0.5) is 5.82 Å². The summed E-state index contributed by atoms with van der Waals surface area (Å²) in [4.78, 5) is 14.5. The molecule has 0 spiro atoms. The molecule has 0 fully saturated rings. The van der Waals surface area contributed by atoms with Crippen LogP contribution in [0.3, 0.4) is 0 Å². The van der Waals surface area contributed by atoms with Crippen LogP contribution < -0.4 is 11.1 Å². The number of aromatic nitrogens is 1.